The van der Waals surface area contributed by atoms with Crippen molar-refractivity contribution in [3.05, 3.63) is 97.2 Å². The SMILES string of the molecule is CC/C=C\C/C=C\C/C=C\C/C=C\C/C=C\C/C=C\CCC(=O)OC(COC(=O)CCCCCCCCCCC/C=C\C/C=C\CCCCCCC)COP(=O)(O)OCCN. The zero-order chi connectivity index (χ0) is 44.6. The summed E-state index contributed by atoms with van der Waals surface area (Å²) in [5.74, 6) is -0.938. The molecule has 3 N–H and O–H groups in total. The van der Waals surface area contributed by atoms with Crippen molar-refractivity contribution < 1.29 is 37.6 Å². The summed E-state index contributed by atoms with van der Waals surface area (Å²) >= 11 is 0. The lowest BCUT2D eigenvalue weighted by Gasteiger charge is -2.19. The third kappa shape index (κ3) is 46.3. The van der Waals surface area contributed by atoms with Gasteiger partial charge in [-0.05, 0) is 83.5 Å². The van der Waals surface area contributed by atoms with Crippen LogP contribution in [0.25, 0.3) is 0 Å². The van der Waals surface area contributed by atoms with Crippen LogP contribution in [0.15, 0.2) is 97.2 Å². The van der Waals surface area contributed by atoms with Gasteiger partial charge in [-0.15, -0.1) is 0 Å². The molecule has 0 amide bonds. The molecule has 0 spiro atoms. The van der Waals surface area contributed by atoms with Crippen molar-refractivity contribution in [2.75, 3.05) is 26.4 Å². The maximum atomic E-state index is 12.6. The molecule has 0 bridgehead atoms. The first kappa shape index (κ1) is 57.9. The number of phosphoric ester groups is 1. The second kappa shape index (κ2) is 46.4. The Hall–Kier alpha value is -3.07. The Labute approximate surface area is 372 Å². The van der Waals surface area contributed by atoms with Crippen LogP contribution in [0, 0.1) is 0 Å². The normalized spacial score (nSPS) is 14.1. The molecule has 0 saturated heterocycles. The highest BCUT2D eigenvalue weighted by Crippen LogP contribution is 2.43. The molecule has 2 atom stereocenters. The van der Waals surface area contributed by atoms with E-state index in [4.69, 9.17) is 24.3 Å². The zero-order valence-electron chi connectivity index (χ0n) is 38.4. The molecule has 2 unspecified atom stereocenters. The van der Waals surface area contributed by atoms with Gasteiger partial charge in [-0.3, -0.25) is 18.6 Å². The number of rotatable bonds is 43. The first-order valence-corrected chi connectivity index (χ1v) is 25.2. The summed E-state index contributed by atoms with van der Waals surface area (Å²) < 4.78 is 32.8. The number of carbonyl (C=O) groups excluding carboxylic acids is 2. The van der Waals surface area contributed by atoms with Gasteiger partial charge in [0.1, 0.15) is 6.61 Å². The van der Waals surface area contributed by atoms with E-state index in [9.17, 15) is 19.0 Å². The number of allylic oxidation sites excluding steroid dienone is 16. The van der Waals surface area contributed by atoms with E-state index in [0.717, 1.165) is 70.6 Å². The Balaban J connectivity index is 4.23. The Kier molecular flexibility index (Phi) is 44.1. The zero-order valence-corrected chi connectivity index (χ0v) is 39.3. The quantitative estimate of drug-likeness (QED) is 0.0266. The van der Waals surface area contributed by atoms with E-state index in [1.807, 2.05) is 12.2 Å². The molecule has 348 valence electrons. The second-order valence-electron chi connectivity index (χ2n) is 15.2. The second-order valence-corrected chi connectivity index (χ2v) is 16.7. The molecular formula is C51H86NO8P. The average molecular weight is 872 g/mol. The highest BCUT2D eigenvalue weighted by atomic mass is 31.2. The van der Waals surface area contributed by atoms with E-state index in [-0.39, 0.29) is 32.6 Å². The molecule has 0 aromatic carbocycles. The summed E-state index contributed by atoms with van der Waals surface area (Å²) in [5, 5.41) is 0. The number of unbranched alkanes of at least 4 members (excludes halogenated alkanes) is 14. The van der Waals surface area contributed by atoms with Gasteiger partial charge in [-0.25, -0.2) is 4.57 Å². The number of phosphoric acid groups is 1. The highest BCUT2D eigenvalue weighted by Gasteiger charge is 2.25. The van der Waals surface area contributed by atoms with Crippen molar-refractivity contribution in [1.29, 1.82) is 0 Å². The monoisotopic (exact) mass is 872 g/mol. The Morgan fingerprint density at radius 2 is 0.934 bits per heavy atom. The van der Waals surface area contributed by atoms with Gasteiger partial charge in [0, 0.05) is 19.4 Å². The first-order chi connectivity index (χ1) is 29.8. The lowest BCUT2D eigenvalue weighted by molar-refractivity contribution is -0.161. The summed E-state index contributed by atoms with van der Waals surface area (Å²) in [4.78, 5) is 34.9. The minimum absolute atomic E-state index is 0.0362. The summed E-state index contributed by atoms with van der Waals surface area (Å²) in [6, 6.07) is 0. The van der Waals surface area contributed by atoms with Crippen LogP contribution in [0.2, 0.25) is 0 Å². The van der Waals surface area contributed by atoms with Gasteiger partial charge < -0.3 is 20.1 Å². The summed E-state index contributed by atoms with van der Waals surface area (Å²) in [7, 11) is -4.41. The number of esters is 2. The maximum Gasteiger partial charge on any atom is 0.472 e. The van der Waals surface area contributed by atoms with Crippen LogP contribution in [-0.2, 0) is 32.7 Å². The standard InChI is InChI=1S/C51H86NO8P/c1-3-5-7-9-11-13-15-17-19-21-23-24-26-27-29-31-33-35-37-39-41-43-50(53)57-47-49(48-59-61(55,56)58-46-45-52)60-51(54)44-42-40-38-36-34-32-30-28-25-22-20-18-16-14-12-10-8-6-4-2/h6,8,12,14-15,17-18,20-21,23,25,28,32,34,38,40,49H,3-5,7,9-11,13,16,19,22,24,26-27,29-31,33,35-37,39,41-48,52H2,1-2H3,(H,55,56)/b8-6-,14-12-,17-15-,20-18-,23-21-,28-25-,34-32-,40-38-. The average Bonchev–Trinajstić information content (AvgIpc) is 3.25. The van der Waals surface area contributed by atoms with Crippen molar-refractivity contribution in [3.63, 3.8) is 0 Å². The molecule has 61 heavy (non-hydrogen) atoms. The van der Waals surface area contributed by atoms with Crippen LogP contribution in [0.5, 0.6) is 0 Å². The van der Waals surface area contributed by atoms with Gasteiger partial charge in [0.25, 0.3) is 0 Å². The molecule has 9 nitrogen and oxygen atoms in total. The van der Waals surface area contributed by atoms with Gasteiger partial charge in [0.05, 0.1) is 13.2 Å². The smallest absolute Gasteiger partial charge is 0.462 e. The van der Waals surface area contributed by atoms with E-state index < -0.39 is 32.5 Å². The van der Waals surface area contributed by atoms with Crippen LogP contribution >= 0.6 is 7.82 Å². The lowest BCUT2D eigenvalue weighted by atomic mass is 10.1. The number of hydrogen-bond acceptors (Lipinski definition) is 8. The van der Waals surface area contributed by atoms with Crippen LogP contribution in [0.4, 0.5) is 0 Å². The van der Waals surface area contributed by atoms with Gasteiger partial charge >= 0.3 is 19.8 Å². The number of ether oxygens (including phenoxy) is 2. The predicted molar refractivity (Wildman–Crippen MR) is 256 cm³/mol. The summed E-state index contributed by atoms with van der Waals surface area (Å²) in [6.07, 6.45) is 60.3. The van der Waals surface area contributed by atoms with E-state index >= 15 is 0 Å². The third-order valence-electron chi connectivity index (χ3n) is 9.47. The third-order valence-corrected chi connectivity index (χ3v) is 10.5. The fourth-order valence-corrected chi connectivity index (χ4v) is 6.75. The molecule has 0 saturated carbocycles. The van der Waals surface area contributed by atoms with Gasteiger partial charge in [0.2, 0.25) is 0 Å². The molecule has 0 fully saturated rings. The van der Waals surface area contributed by atoms with E-state index in [2.05, 4.69) is 98.9 Å². The van der Waals surface area contributed by atoms with E-state index in [0.29, 0.717) is 12.8 Å². The van der Waals surface area contributed by atoms with Crippen molar-refractivity contribution >= 4 is 19.8 Å². The Morgan fingerprint density at radius 1 is 0.508 bits per heavy atom. The number of hydrogen-bond donors (Lipinski definition) is 2. The molecule has 0 aliphatic rings. The van der Waals surface area contributed by atoms with Crippen molar-refractivity contribution in [2.45, 2.75) is 187 Å². The predicted octanol–water partition coefficient (Wildman–Crippen LogP) is 14.2. The fourth-order valence-electron chi connectivity index (χ4n) is 5.98. The Morgan fingerprint density at radius 3 is 1.41 bits per heavy atom. The van der Waals surface area contributed by atoms with E-state index in [1.165, 1.54) is 70.6 Å². The Bertz CT molecular complexity index is 1320. The van der Waals surface area contributed by atoms with Crippen LogP contribution in [0.3, 0.4) is 0 Å². The molecule has 0 aromatic heterocycles. The number of carbonyl (C=O) groups is 2. The number of nitrogens with two attached hydrogens (primary N) is 1. The maximum absolute atomic E-state index is 12.6. The summed E-state index contributed by atoms with van der Waals surface area (Å²) in [5.41, 5.74) is 5.35. The minimum Gasteiger partial charge on any atom is -0.462 e. The van der Waals surface area contributed by atoms with Crippen molar-refractivity contribution in [3.8, 4) is 0 Å². The van der Waals surface area contributed by atoms with Gasteiger partial charge in [-0.1, -0.05) is 182 Å². The molecule has 10 heteroatoms. The van der Waals surface area contributed by atoms with Gasteiger partial charge in [-0.2, -0.15) is 0 Å². The molecule has 0 rings (SSSR count). The molecule has 0 radical (unpaired) electrons. The highest BCUT2D eigenvalue weighted by molar-refractivity contribution is 7.47. The molecular weight excluding hydrogens is 786 g/mol. The topological polar surface area (TPSA) is 134 Å². The molecule has 0 aromatic rings. The summed E-state index contributed by atoms with van der Waals surface area (Å²) in [6.45, 7) is 3.51. The molecule has 0 aliphatic carbocycles. The van der Waals surface area contributed by atoms with E-state index in [1.54, 1.807) is 0 Å². The van der Waals surface area contributed by atoms with Crippen LogP contribution < -0.4 is 5.73 Å². The minimum atomic E-state index is -4.41. The van der Waals surface area contributed by atoms with Crippen LogP contribution in [-0.4, -0.2) is 49.3 Å². The lowest BCUT2D eigenvalue weighted by Crippen LogP contribution is -2.29. The van der Waals surface area contributed by atoms with Crippen molar-refractivity contribution in [1.82, 2.24) is 0 Å². The molecule has 0 aliphatic heterocycles. The van der Waals surface area contributed by atoms with Gasteiger partial charge in [0.15, 0.2) is 6.10 Å². The first-order valence-electron chi connectivity index (χ1n) is 23.7. The largest absolute Gasteiger partial charge is 0.472 e. The van der Waals surface area contributed by atoms with Crippen molar-refractivity contribution in [2.24, 2.45) is 5.73 Å². The van der Waals surface area contributed by atoms with Crippen LogP contribution in [0.1, 0.15) is 181 Å². The molecule has 0 heterocycles. The fraction of sp³-hybridized carbons (Fsp3) is 0.647.